The molecule has 0 aromatic heterocycles. The fraction of sp³-hybridized carbons (Fsp3) is 0.429. The lowest BCUT2D eigenvalue weighted by Gasteiger charge is -2.22. The summed E-state index contributed by atoms with van der Waals surface area (Å²) in [6.45, 7) is 1.99. The third kappa shape index (κ3) is 3.49. The van der Waals surface area contributed by atoms with E-state index in [1.807, 2.05) is 12.1 Å². The first-order chi connectivity index (χ1) is 9.47. The van der Waals surface area contributed by atoms with Crippen molar-refractivity contribution in [3.05, 3.63) is 34.9 Å². The third-order valence-electron chi connectivity index (χ3n) is 3.37. The van der Waals surface area contributed by atoms with Crippen molar-refractivity contribution in [3.8, 4) is 0 Å². The van der Waals surface area contributed by atoms with E-state index in [9.17, 15) is 14.7 Å². The molecule has 1 aliphatic rings. The SMILES string of the molecule is CC(=O)N1C[C@H](O)C[C@H]1C(=O)NCc1ccc(Cl)cc1. The number of carbonyl (C=O) groups is 2. The number of nitrogens with zero attached hydrogens (tertiary/aromatic N) is 1. The van der Waals surface area contributed by atoms with Gasteiger partial charge in [0.05, 0.1) is 6.10 Å². The number of benzene rings is 1. The molecule has 0 bridgehead atoms. The van der Waals surface area contributed by atoms with Crippen molar-refractivity contribution in [1.82, 2.24) is 10.2 Å². The van der Waals surface area contributed by atoms with Crippen molar-refractivity contribution in [2.45, 2.75) is 32.0 Å². The van der Waals surface area contributed by atoms with Gasteiger partial charge >= 0.3 is 0 Å². The summed E-state index contributed by atoms with van der Waals surface area (Å²) in [5.41, 5.74) is 0.927. The molecule has 1 fully saturated rings. The van der Waals surface area contributed by atoms with E-state index < -0.39 is 12.1 Å². The summed E-state index contributed by atoms with van der Waals surface area (Å²) in [5.74, 6) is -0.445. The summed E-state index contributed by atoms with van der Waals surface area (Å²) in [7, 11) is 0. The molecule has 1 saturated heterocycles. The number of amides is 2. The highest BCUT2D eigenvalue weighted by Gasteiger charge is 2.37. The second-order valence-corrected chi connectivity index (χ2v) is 5.36. The fourth-order valence-corrected chi connectivity index (χ4v) is 2.45. The molecule has 1 aliphatic heterocycles. The van der Waals surface area contributed by atoms with E-state index in [0.29, 0.717) is 11.6 Å². The van der Waals surface area contributed by atoms with Gasteiger partial charge in [-0.1, -0.05) is 23.7 Å². The smallest absolute Gasteiger partial charge is 0.243 e. The third-order valence-corrected chi connectivity index (χ3v) is 3.62. The van der Waals surface area contributed by atoms with Gasteiger partial charge < -0.3 is 15.3 Å². The van der Waals surface area contributed by atoms with Gasteiger partial charge in [-0.05, 0) is 17.7 Å². The maximum absolute atomic E-state index is 12.1. The summed E-state index contributed by atoms with van der Waals surface area (Å²) in [5, 5.41) is 13.0. The van der Waals surface area contributed by atoms with E-state index in [0.717, 1.165) is 5.56 Å². The normalized spacial score (nSPS) is 21.9. The van der Waals surface area contributed by atoms with Crippen LogP contribution in [0.5, 0.6) is 0 Å². The molecule has 5 nitrogen and oxygen atoms in total. The van der Waals surface area contributed by atoms with E-state index >= 15 is 0 Å². The van der Waals surface area contributed by atoms with Gasteiger partial charge in [0.2, 0.25) is 11.8 Å². The van der Waals surface area contributed by atoms with Crippen LogP contribution in [0, 0.1) is 0 Å². The lowest BCUT2D eigenvalue weighted by Crippen LogP contribution is -2.44. The molecule has 0 aliphatic carbocycles. The van der Waals surface area contributed by atoms with E-state index in [2.05, 4.69) is 5.32 Å². The minimum absolute atomic E-state index is 0.201. The van der Waals surface area contributed by atoms with Gasteiger partial charge in [0.25, 0.3) is 0 Å². The van der Waals surface area contributed by atoms with Gasteiger partial charge in [0.1, 0.15) is 6.04 Å². The molecule has 6 heteroatoms. The van der Waals surface area contributed by atoms with Gasteiger partial charge in [-0.25, -0.2) is 0 Å². The number of aliphatic hydroxyl groups is 1. The number of hydrogen-bond acceptors (Lipinski definition) is 3. The Hall–Kier alpha value is -1.59. The van der Waals surface area contributed by atoms with Crippen molar-refractivity contribution in [3.63, 3.8) is 0 Å². The van der Waals surface area contributed by atoms with Crippen molar-refractivity contribution >= 4 is 23.4 Å². The zero-order chi connectivity index (χ0) is 14.7. The maximum atomic E-state index is 12.1. The predicted molar refractivity (Wildman–Crippen MR) is 75.1 cm³/mol. The fourth-order valence-electron chi connectivity index (χ4n) is 2.32. The molecule has 2 N–H and O–H groups in total. The van der Waals surface area contributed by atoms with Crippen LogP contribution in [-0.4, -0.2) is 40.5 Å². The Balaban J connectivity index is 1.94. The Kier molecular flexibility index (Phi) is 4.62. The van der Waals surface area contributed by atoms with Gasteiger partial charge in [-0.15, -0.1) is 0 Å². The standard InChI is InChI=1S/C14H17ClN2O3/c1-9(18)17-8-12(19)6-13(17)14(20)16-7-10-2-4-11(15)5-3-10/h2-5,12-13,19H,6-8H2,1H3,(H,16,20)/t12-,13+/m1/s1. The highest BCUT2D eigenvalue weighted by molar-refractivity contribution is 6.30. The van der Waals surface area contributed by atoms with Crippen LogP contribution in [0.25, 0.3) is 0 Å². The Labute approximate surface area is 122 Å². The molecule has 2 rings (SSSR count). The zero-order valence-corrected chi connectivity index (χ0v) is 11.9. The van der Waals surface area contributed by atoms with E-state index in [1.165, 1.54) is 11.8 Å². The highest BCUT2D eigenvalue weighted by Crippen LogP contribution is 2.18. The van der Waals surface area contributed by atoms with Crippen LogP contribution in [0.3, 0.4) is 0 Å². The molecule has 0 saturated carbocycles. The monoisotopic (exact) mass is 296 g/mol. The van der Waals surface area contributed by atoms with E-state index in [-0.39, 0.29) is 24.8 Å². The van der Waals surface area contributed by atoms with Crippen molar-refractivity contribution in [2.24, 2.45) is 0 Å². The average Bonchev–Trinajstić information content (AvgIpc) is 2.80. The number of β-amino-alcohol motifs (C(OH)–C–C–N with tert-alkyl or cyclic N) is 1. The minimum Gasteiger partial charge on any atom is -0.391 e. The molecule has 0 radical (unpaired) electrons. The van der Waals surface area contributed by atoms with Crippen molar-refractivity contribution in [2.75, 3.05) is 6.54 Å². The molecular weight excluding hydrogens is 280 g/mol. The summed E-state index contributed by atoms with van der Waals surface area (Å²) in [6, 6.07) is 6.58. The average molecular weight is 297 g/mol. The maximum Gasteiger partial charge on any atom is 0.243 e. The lowest BCUT2D eigenvalue weighted by molar-refractivity contribution is -0.137. The quantitative estimate of drug-likeness (QED) is 0.872. The van der Waals surface area contributed by atoms with Crippen LogP contribution in [0.15, 0.2) is 24.3 Å². The van der Waals surface area contributed by atoms with E-state index in [1.54, 1.807) is 12.1 Å². The Morgan fingerprint density at radius 3 is 2.65 bits per heavy atom. The van der Waals surface area contributed by atoms with Gasteiger partial charge in [0, 0.05) is 31.5 Å². The number of hydrogen-bond donors (Lipinski definition) is 2. The summed E-state index contributed by atoms with van der Waals surface area (Å²) in [6.07, 6.45) is -0.350. The Bertz CT molecular complexity index is 504. The number of rotatable bonds is 3. The van der Waals surface area contributed by atoms with Gasteiger partial charge in [-0.3, -0.25) is 9.59 Å². The zero-order valence-electron chi connectivity index (χ0n) is 11.2. The van der Waals surface area contributed by atoms with Crippen LogP contribution in [0.1, 0.15) is 18.9 Å². The summed E-state index contributed by atoms with van der Waals surface area (Å²) < 4.78 is 0. The Morgan fingerprint density at radius 2 is 2.05 bits per heavy atom. The molecule has 108 valence electrons. The molecule has 2 atom stereocenters. The number of carbonyl (C=O) groups excluding carboxylic acids is 2. The second kappa shape index (κ2) is 6.24. The van der Waals surface area contributed by atoms with Crippen LogP contribution in [0.2, 0.25) is 5.02 Å². The van der Waals surface area contributed by atoms with Gasteiger partial charge in [0.15, 0.2) is 0 Å². The van der Waals surface area contributed by atoms with Crippen molar-refractivity contribution in [1.29, 1.82) is 0 Å². The van der Waals surface area contributed by atoms with Crippen LogP contribution >= 0.6 is 11.6 Å². The van der Waals surface area contributed by atoms with Crippen LogP contribution in [-0.2, 0) is 16.1 Å². The molecule has 0 spiro atoms. The number of halogens is 1. The number of aliphatic hydroxyl groups excluding tert-OH is 1. The topological polar surface area (TPSA) is 69.6 Å². The largest absolute Gasteiger partial charge is 0.391 e. The number of nitrogens with one attached hydrogen (secondary N) is 1. The summed E-state index contributed by atoms with van der Waals surface area (Å²) >= 11 is 5.79. The summed E-state index contributed by atoms with van der Waals surface area (Å²) in [4.78, 5) is 24.9. The molecular formula is C14H17ClN2O3. The molecule has 0 unspecified atom stereocenters. The number of likely N-dealkylation sites (tertiary alicyclic amines) is 1. The molecule has 2 amide bonds. The lowest BCUT2D eigenvalue weighted by atomic mass is 10.1. The Morgan fingerprint density at radius 1 is 1.40 bits per heavy atom. The highest BCUT2D eigenvalue weighted by atomic mass is 35.5. The minimum atomic E-state index is -0.634. The molecule has 1 aromatic rings. The first-order valence-corrected chi connectivity index (χ1v) is 6.82. The first kappa shape index (κ1) is 14.8. The van der Waals surface area contributed by atoms with Crippen LogP contribution in [0.4, 0.5) is 0 Å². The second-order valence-electron chi connectivity index (χ2n) is 4.92. The molecule has 1 aromatic carbocycles. The van der Waals surface area contributed by atoms with Crippen molar-refractivity contribution < 1.29 is 14.7 Å². The molecule has 1 heterocycles. The predicted octanol–water partition coefficient (Wildman–Crippen LogP) is 0.938. The molecule has 20 heavy (non-hydrogen) atoms. The van der Waals surface area contributed by atoms with E-state index in [4.69, 9.17) is 11.6 Å². The first-order valence-electron chi connectivity index (χ1n) is 6.45. The van der Waals surface area contributed by atoms with Gasteiger partial charge in [-0.2, -0.15) is 0 Å². The van der Waals surface area contributed by atoms with Crippen LogP contribution < -0.4 is 5.32 Å².